The van der Waals surface area contributed by atoms with Crippen molar-refractivity contribution in [1.82, 2.24) is 16.2 Å². The van der Waals surface area contributed by atoms with Crippen molar-refractivity contribution >= 4 is 56.5 Å². The summed E-state index contributed by atoms with van der Waals surface area (Å²) >= 11 is 9.17. The largest absolute Gasteiger partial charge is 0.341 e. The number of carbonyl (C=O) groups is 3. The Bertz CT molecular complexity index is 993. The zero-order valence-corrected chi connectivity index (χ0v) is 18.2. The first-order valence-corrected chi connectivity index (χ1v) is 10.1. The Hall–Kier alpha value is -3.04. The molecule has 156 valence electrons. The van der Waals surface area contributed by atoms with E-state index in [9.17, 15) is 14.4 Å². The molecule has 1 atom stereocenters. The molecule has 10 heteroatoms. The molecule has 8 nitrogen and oxygen atoms in total. The number of benzene rings is 2. The standard InChI is InChI=1S/C20H19BrClN5O3/c1-11(24-25-15-8-4-13(22)5-9-15)18-19(29)16(23-20(18)30)10-17(28)27-26-14-6-2-12(21)3-7-14/h2-9,16,24-26H,10H2,1H3,(H,23,30)(H,27,28). The highest BCUT2D eigenvalue weighted by Crippen LogP contribution is 2.18. The van der Waals surface area contributed by atoms with Crippen LogP contribution < -0.4 is 27.0 Å². The SMILES string of the molecule is CC(NNc1ccc(Cl)cc1)=C1C(=O)NC(CC(=O)NNc2ccc(Br)cc2)C1=O. The summed E-state index contributed by atoms with van der Waals surface area (Å²) in [7, 11) is 0. The number of allylic oxidation sites excluding steroid dienone is 1. The van der Waals surface area contributed by atoms with Crippen molar-refractivity contribution in [3.63, 3.8) is 0 Å². The van der Waals surface area contributed by atoms with E-state index in [0.717, 1.165) is 4.47 Å². The van der Waals surface area contributed by atoms with Gasteiger partial charge in [-0.15, -0.1) is 0 Å². The number of carbonyl (C=O) groups excluding carboxylic acids is 3. The third-order valence-electron chi connectivity index (χ3n) is 4.29. The van der Waals surface area contributed by atoms with Crippen LogP contribution in [0.1, 0.15) is 13.3 Å². The van der Waals surface area contributed by atoms with E-state index < -0.39 is 23.6 Å². The van der Waals surface area contributed by atoms with E-state index in [1.165, 1.54) is 0 Å². The van der Waals surface area contributed by atoms with Gasteiger partial charge in [0.2, 0.25) is 5.91 Å². The summed E-state index contributed by atoms with van der Waals surface area (Å²) < 4.78 is 0.910. The summed E-state index contributed by atoms with van der Waals surface area (Å²) in [5, 5.41) is 3.14. The minimum atomic E-state index is -0.925. The topological polar surface area (TPSA) is 111 Å². The number of hydrazine groups is 2. The Morgan fingerprint density at radius 3 is 2.20 bits per heavy atom. The fourth-order valence-corrected chi connectivity index (χ4v) is 3.14. The molecule has 0 aliphatic carbocycles. The molecule has 0 aromatic heterocycles. The maximum atomic E-state index is 12.6. The van der Waals surface area contributed by atoms with Gasteiger partial charge in [-0.3, -0.25) is 25.2 Å². The summed E-state index contributed by atoms with van der Waals surface area (Å²) in [5.41, 5.74) is 12.7. The van der Waals surface area contributed by atoms with Crippen molar-refractivity contribution < 1.29 is 14.4 Å². The van der Waals surface area contributed by atoms with E-state index in [-0.39, 0.29) is 12.0 Å². The van der Waals surface area contributed by atoms with Crippen LogP contribution in [0, 0.1) is 0 Å². The maximum Gasteiger partial charge on any atom is 0.257 e. The molecule has 0 spiro atoms. The van der Waals surface area contributed by atoms with Crippen molar-refractivity contribution in [3.8, 4) is 0 Å². The Labute approximate surface area is 186 Å². The highest BCUT2D eigenvalue weighted by molar-refractivity contribution is 9.10. The predicted molar refractivity (Wildman–Crippen MR) is 118 cm³/mol. The Morgan fingerprint density at radius 2 is 1.57 bits per heavy atom. The van der Waals surface area contributed by atoms with Crippen LogP contribution in [0.3, 0.4) is 0 Å². The number of hydrogen-bond donors (Lipinski definition) is 5. The summed E-state index contributed by atoms with van der Waals surface area (Å²) in [6.45, 7) is 1.60. The van der Waals surface area contributed by atoms with Crippen LogP contribution in [0.2, 0.25) is 5.02 Å². The molecular weight excluding hydrogens is 474 g/mol. The van der Waals surface area contributed by atoms with Gasteiger partial charge in [0, 0.05) is 15.2 Å². The number of hydrogen-bond acceptors (Lipinski definition) is 6. The van der Waals surface area contributed by atoms with E-state index >= 15 is 0 Å². The van der Waals surface area contributed by atoms with E-state index in [2.05, 4.69) is 42.9 Å². The average Bonchev–Trinajstić information content (AvgIpc) is 3.00. The molecule has 30 heavy (non-hydrogen) atoms. The maximum absolute atomic E-state index is 12.6. The number of ketones is 1. The molecule has 1 fully saturated rings. The van der Waals surface area contributed by atoms with Crippen LogP contribution in [0.15, 0.2) is 64.3 Å². The van der Waals surface area contributed by atoms with Crippen molar-refractivity contribution in [2.24, 2.45) is 0 Å². The van der Waals surface area contributed by atoms with Crippen molar-refractivity contribution in [1.29, 1.82) is 0 Å². The van der Waals surface area contributed by atoms with Crippen molar-refractivity contribution in [3.05, 3.63) is 69.3 Å². The Morgan fingerprint density at radius 1 is 1.00 bits per heavy atom. The zero-order valence-electron chi connectivity index (χ0n) is 15.9. The smallest absolute Gasteiger partial charge is 0.257 e. The summed E-state index contributed by atoms with van der Waals surface area (Å²) in [5.74, 6) is -1.40. The second kappa shape index (κ2) is 9.64. The first-order chi connectivity index (χ1) is 14.3. The average molecular weight is 493 g/mol. The summed E-state index contributed by atoms with van der Waals surface area (Å²) in [6.07, 6.45) is -0.185. The molecule has 1 aliphatic heterocycles. The lowest BCUT2D eigenvalue weighted by Gasteiger charge is -2.12. The molecule has 1 saturated heterocycles. The minimum absolute atomic E-state index is 0.0184. The first kappa shape index (κ1) is 21.7. The van der Waals surface area contributed by atoms with Gasteiger partial charge in [0.05, 0.1) is 17.8 Å². The van der Waals surface area contributed by atoms with Gasteiger partial charge in [0.15, 0.2) is 5.78 Å². The Kier molecular flexibility index (Phi) is 6.96. The van der Waals surface area contributed by atoms with Gasteiger partial charge in [0.1, 0.15) is 11.6 Å². The number of nitrogens with one attached hydrogen (secondary N) is 5. The van der Waals surface area contributed by atoms with Crippen molar-refractivity contribution in [2.75, 3.05) is 10.9 Å². The highest BCUT2D eigenvalue weighted by Gasteiger charge is 2.38. The van der Waals surface area contributed by atoms with E-state index in [1.807, 2.05) is 12.1 Å². The van der Waals surface area contributed by atoms with Gasteiger partial charge < -0.3 is 16.2 Å². The molecule has 2 aromatic carbocycles. The summed E-state index contributed by atoms with van der Waals surface area (Å²) in [4.78, 5) is 37.1. The molecule has 1 aliphatic rings. The fraction of sp³-hybridized carbons (Fsp3) is 0.150. The normalized spacial score (nSPS) is 17.2. The first-order valence-electron chi connectivity index (χ1n) is 8.97. The lowest BCUT2D eigenvalue weighted by Crippen LogP contribution is -2.38. The lowest BCUT2D eigenvalue weighted by atomic mass is 10.1. The molecule has 0 radical (unpaired) electrons. The van der Waals surface area contributed by atoms with Gasteiger partial charge in [-0.1, -0.05) is 27.5 Å². The number of rotatable bonds is 7. The molecule has 2 amide bonds. The predicted octanol–water partition coefficient (Wildman–Crippen LogP) is 2.89. The van der Waals surface area contributed by atoms with E-state index in [4.69, 9.17) is 11.6 Å². The molecule has 3 rings (SSSR count). The zero-order chi connectivity index (χ0) is 21.7. The van der Waals surface area contributed by atoms with Crippen LogP contribution >= 0.6 is 27.5 Å². The van der Waals surface area contributed by atoms with Gasteiger partial charge >= 0.3 is 0 Å². The number of halogens is 2. The molecule has 1 heterocycles. The molecule has 0 saturated carbocycles. The number of amides is 2. The summed E-state index contributed by atoms with van der Waals surface area (Å²) in [6, 6.07) is 13.2. The van der Waals surface area contributed by atoms with Crippen LogP contribution in [-0.2, 0) is 14.4 Å². The second-order valence-electron chi connectivity index (χ2n) is 6.53. The third kappa shape index (κ3) is 5.52. The molecule has 0 bridgehead atoms. The van der Waals surface area contributed by atoms with E-state index in [0.29, 0.717) is 22.1 Å². The second-order valence-corrected chi connectivity index (χ2v) is 7.88. The van der Waals surface area contributed by atoms with Crippen LogP contribution in [0.4, 0.5) is 11.4 Å². The van der Waals surface area contributed by atoms with E-state index in [1.54, 1.807) is 43.3 Å². The minimum Gasteiger partial charge on any atom is -0.341 e. The van der Waals surface area contributed by atoms with Crippen LogP contribution in [0.25, 0.3) is 0 Å². The number of anilines is 2. The van der Waals surface area contributed by atoms with Crippen LogP contribution in [0.5, 0.6) is 0 Å². The lowest BCUT2D eigenvalue weighted by molar-refractivity contribution is -0.124. The number of Topliss-reactive ketones (excluding diaryl/α,β-unsaturated/α-hetero) is 1. The monoisotopic (exact) mass is 491 g/mol. The van der Waals surface area contributed by atoms with Gasteiger partial charge in [-0.2, -0.15) is 0 Å². The fourth-order valence-electron chi connectivity index (χ4n) is 2.75. The molecule has 5 N–H and O–H groups in total. The third-order valence-corrected chi connectivity index (χ3v) is 5.07. The highest BCUT2D eigenvalue weighted by atomic mass is 79.9. The molecular formula is C20H19BrClN5O3. The van der Waals surface area contributed by atoms with Gasteiger partial charge in [-0.25, -0.2) is 0 Å². The Balaban J connectivity index is 1.56. The molecule has 2 aromatic rings. The van der Waals surface area contributed by atoms with Gasteiger partial charge in [0.25, 0.3) is 5.91 Å². The quantitative estimate of drug-likeness (QED) is 0.231. The van der Waals surface area contributed by atoms with Crippen molar-refractivity contribution in [2.45, 2.75) is 19.4 Å². The van der Waals surface area contributed by atoms with Crippen LogP contribution in [-0.4, -0.2) is 23.6 Å². The van der Waals surface area contributed by atoms with Gasteiger partial charge in [-0.05, 0) is 55.5 Å². The molecule has 1 unspecified atom stereocenters.